The highest BCUT2D eigenvalue weighted by atomic mass is 32.1. The fourth-order valence-electron chi connectivity index (χ4n) is 4.80. The minimum Gasteiger partial charge on any atom is -0.396 e. The van der Waals surface area contributed by atoms with Crippen LogP contribution in [0.2, 0.25) is 0 Å². The second-order valence-corrected chi connectivity index (χ2v) is 8.73. The molecule has 1 spiro atoms. The average Bonchev–Trinajstić information content (AvgIpc) is 3.15. The fourth-order valence-corrected chi connectivity index (χ4v) is 5.47. The van der Waals surface area contributed by atoms with Crippen molar-refractivity contribution < 1.29 is 9.90 Å². The summed E-state index contributed by atoms with van der Waals surface area (Å²) in [7, 11) is 0. The molecule has 1 amide bonds. The molecule has 3 fully saturated rings. The van der Waals surface area contributed by atoms with E-state index in [0.29, 0.717) is 18.9 Å². The standard InChI is InChI=1S/C19H28N2O2S/c22-12-16-11-21(17-2-1-3-17)14-19(16)5-7-20(8-6-19)18(23)10-15-4-9-24-13-15/h4,9,13,16-17,22H,1-3,5-8,10-12,14H2. The molecule has 3 aliphatic rings. The van der Waals surface area contributed by atoms with Gasteiger partial charge in [-0.3, -0.25) is 9.69 Å². The highest BCUT2D eigenvalue weighted by Gasteiger charge is 2.49. The first-order valence-corrected chi connectivity index (χ1v) is 10.3. The summed E-state index contributed by atoms with van der Waals surface area (Å²) in [5.74, 6) is 0.657. The van der Waals surface area contributed by atoms with E-state index in [0.717, 1.165) is 50.6 Å². The topological polar surface area (TPSA) is 43.8 Å². The van der Waals surface area contributed by atoms with Gasteiger partial charge in [0.25, 0.3) is 0 Å². The van der Waals surface area contributed by atoms with Gasteiger partial charge < -0.3 is 10.0 Å². The Kier molecular flexibility index (Phi) is 4.67. The third-order valence-corrected chi connectivity index (χ3v) is 7.43. The summed E-state index contributed by atoms with van der Waals surface area (Å²) in [6, 6.07) is 2.81. The predicted molar refractivity (Wildman–Crippen MR) is 96.1 cm³/mol. The average molecular weight is 349 g/mol. The zero-order valence-corrected chi connectivity index (χ0v) is 15.1. The SMILES string of the molecule is O=C(Cc1ccsc1)N1CCC2(CC1)CN(C1CCC1)CC2CO. The van der Waals surface area contributed by atoms with E-state index in [2.05, 4.69) is 10.3 Å². The molecular formula is C19H28N2O2S. The Labute approximate surface area is 148 Å². The molecule has 0 bridgehead atoms. The van der Waals surface area contributed by atoms with Crippen molar-refractivity contribution in [1.82, 2.24) is 9.80 Å². The Morgan fingerprint density at radius 2 is 2.12 bits per heavy atom. The largest absolute Gasteiger partial charge is 0.396 e. The minimum atomic E-state index is 0.240. The van der Waals surface area contributed by atoms with Crippen molar-refractivity contribution in [1.29, 1.82) is 0 Å². The summed E-state index contributed by atoms with van der Waals surface area (Å²) in [6.07, 6.45) is 6.67. The van der Waals surface area contributed by atoms with E-state index in [4.69, 9.17) is 0 Å². The van der Waals surface area contributed by atoms with E-state index in [1.54, 1.807) is 11.3 Å². The number of aliphatic hydroxyl groups excluding tert-OH is 1. The van der Waals surface area contributed by atoms with Gasteiger partial charge in [-0.15, -0.1) is 0 Å². The molecule has 0 radical (unpaired) electrons. The molecule has 4 rings (SSSR count). The number of hydrogen-bond acceptors (Lipinski definition) is 4. The van der Waals surface area contributed by atoms with Gasteiger partial charge in [-0.25, -0.2) is 0 Å². The quantitative estimate of drug-likeness (QED) is 0.908. The summed E-state index contributed by atoms with van der Waals surface area (Å²) in [5, 5.41) is 14.0. The summed E-state index contributed by atoms with van der Waals surface area (Å²) >= 11 is 1.65. The van der Waals surface area contributed by atoms with Gasteiger partial charge in [0.1, 0.15) is 0 Å². The van der Waals surface area contributed by atoms with E-state index in [1.165, 1.54) is 19.3 Å². The van der Waals surface area contributed by atoms with Crippen LogP contribution in [0.5, 0.6) is 0 Å². The van der Waals surface area contributed by atoms with Gasteiger partial charge in [0.2, 0.25) is 5.91 Å². The number of hydrogen-bond donors (Lipinski definition) is 1. The third-order valence-electron chi connectivity index (χ3n) is 6.70. The first-order chi connectivity index (χ1) is 11.7. The zero-order valence-electron chi connectivity index (χ0n) is 14.3. The van der Waals surface area contributed by atoms with Crippen LogP contribution in [0.1, 0.15) is 37.7 Å². The first kappa shape index (κ1) is 16.6. The number of thiophene rings is 1. The van der Waals surface area contributed by atoms with Crippen molar-refractivity contribution in [3.05, 3.63) is 22.4 Å². The maximum Gasteiger partial charge on any atom is 0.227 e. The lowest BCUT2D eigenvalue weighted by Crippen LogP contribution is -2.48. The van der Waals surface area contributed by atoms with Crippen LogP contribution in [0.15, 0.2) is 16.8 Å². The summed E-state index contributed by atoms with van der Waals surface area (Å²) in [5.41, 5.74) is 1.37. The number of carbonyl (C=O) groups excluding carboxylic acids is 1. The van der Waals surface area contributed by atoms with Gasteiger partial charge in [0.05, 0.1) is 6.42 Å². The summed E-state index contributed by atoms with van der Waals surface area (Å²) in [4.78, 5) is 17.2. The molecule has 2 saturated heterocycles. The minimum absolute atomic E-state index is 0.240. The van der Waals surface area contributed by atoms with Crippen LogP contribution in [0, 0.1) is 11.3 Å². The smallest absolute Gasteiger partial charge is 0.227 e. The molecule has 1 aromatic rings. The molecule has 24 heavy (non-hydrogen) atoms. The number of amides is 1. The van der Waals surface area contributed by atoms with Crippen LogP contribution in [0.4, 0.5) is 0 Å². The first-order valence-electron chi connectivity index (χ1n) is 9.34. The van der Waals surface area contributed by atoms with Crippen molar-refractivity contribution in [3.8, 4) is 0 Å². The van der Waals surface area contributed by atoms with Gasteiger partial charge in [-0.2, -0.15) is 11.3 Å². The van der Waals surface area contributed by atoms with Crippen LogP contribution in [-0.2, 0) is 11.2 Å². The summed E-state index contributed by atoms with van der Waals surface area (Å²) in [6.45, 7) is 4.21. The van der Waals surface area contributed by atoms with Gasteiger partial charge >= 0.3 is 0 Å². The van der Waals surface area contributed by atoms with Gasteiger partial charge in [-0.1, -0.05) is 6.42 Å². The molecular weight excluding hydrogens is 320 g/mol. The Hall–Kier alpha value is -0.910. The lowest BCUT2D eigenvalue weighted by molar-refractivity contribution is -0.133. The number of nitrogens with zero attached hydrogens (tertiary/aromatic N) is 2. The lowest BCUT2D eigenvalue weighted by Gasteiger charge is -2.43. The molecule has 1 aliphatic carbocycles. The fraction of sp³-hybridized carbons (Fsp3) is 0.737. The Bertz CT molecular complexity index is 562. The molecule has 1 atom stereocenters. The molecule has 1 N–H and O–H groups in total. The highest BCUT2D eigenvalue weighted by Crippen LogP contribution is 2.46. The van der Waals surface area contributed by atoms with E-state index in [1.807, 2.05) is 16.3 Å². The van der Waals surface area contributed by atoms with E-state index in [9.17, 15) is 9.90 Å². The molecule has 3 heterocycles. The summed E-state index contributed by atoms with van der Waals surface area (Å²) < 4.78 is 0. The van der Waals surface area contributed by atoms with Crippen LogP contribution < -0.4 is 0 Å². The molecule has 2 aliphatic heterocycles. The van der Waals surface area contributed by atoms with Gasteiger partial charge in [-0.05, 0) is 53.5 Å². The van der Waals surface area contributed by atoms with Gasteiger partial charge in [0.15, 0.2) is 0 Å². The maximum absolute atomic E-state index is 12.5. The maximum atomic E-state index is 12.5. The highest BCUT2D eigenvalue weighted by molar-refractivity contribution is 7.07. The van der Waals surface area contributed by atoms with Gasteiger partial charge in [0, 0.05) is 44.7 Å². The van der Waals surface area contributed by atoms with Crippen LogP contribution in [0.3, 0.4) is 0 Å². The number of rotatable bonds is 4. The van der Waals surface area contributed by atoms with Crippen LogP contribution in [-0.4, -0.2) is 59.6 Å². The van der Waals surface area contributed by atoms with Crippen molar-refractivity contribution in [3.63, 3.8) is 0 Å². The van der Waals surface area contributed by atoms with Crippen molar-refractivity contribution >= 4 is 17.2 Å². The Morgan fingerprint density at radius 1 is 1.33 bits per heavy atom. The molecule has 0 aromatic carbocycles. The van der Waals surface area contributed by atoms with E-state index >= 15 is 0 Å². The molecule has 1 saturated carbocycles. The number of carbonyl (C=O) groups is 1. The van der Waals surface area contributed by atoms with E-state index < -0.39 is 0 Å². The van der Waals surface area contributed by atoms with Crippen molar-refractivity contribution in [2.75, 3.05) is 32.8 Å². The predicted octanol–water partition coefficient (Wildman–Crippen LogP) is 2.38. The number of aliphatic hydroxyl groups is 1. The monoisotopic (exact) mass is 348 g/mol. The Balaban J connectivity index is 1.36. The second kappa shape index (κ2) is 6.77. The zero-order chi connectivity index (χ0) is 16.6. The molecule has 4 nitrogen and oxygen atoms in total. The Morgan fingerprint density at radius 3 is 2.71 bits per heavy atom. The van der Waals surface area contributed by atoms with Crippen molar-refractivity contribution in [2.45, 2.75) is 44.6 Å². The van der Waals surface area contributed by atoms with Crippen LogP contribution >= 0.6 is 11.3 Å². The third kappa shape index (κ3) is 3.02. The molecule has 132 valence electrons. The van der Waals surface area contributed by atoms with E-state index in [-0.39, 0.29) is 11.3 Å². The number of likely N-dealkylation sites (tertiary alicyclic amines) is 2. The lowest BCUT2D eigenvalue weighted by atomic mass is 9.71. The molecule has 1 aromatic heterocycles. The normalized spacial score (nSPS) is 27.5. The molecule has 5 heteroatoms. The van der Waals surface area contributed by atoms with Crippen LogP contribution in [0.25, 0.3) is 0 Å². The van der Waals surface area contributed by atoms with Crippen molar-refractivity contribution in [2.24, 2.45) is 11.3 Å². The molecule has 1 unspecified atom stereocenters. The second-order valence-electron chi connectivity index (χ2n) is 7.95. The number of piperidine rings is 1.